The molecule has 0 saturated heterocycles. The molecule has 0 fully saturated rings. The zero-order chi connectivity index (χ0) is 8.85. The Labute approximate surface area is 64.5 Å². The Morgan fingerprint density at radius 2 is 2.27 bits per heavy atom. The first-order chi connectivity index (χ1) is 5.17. The van der Waals surface area contributed by atoms with Crippen molar-refractivity contribution in [1.29, 1.82) is 0 Å². The third-order valence-electron chi connectivity index (χ3n) is 1.00. The standard InChI is InChI=1S/C7H9NO3/c1-4-5(6(9)8-2)7(10)11-3/h4,9H,1-2H2,3H3/b6-5-. The van der Waals surface area contributed by atoms with Crippen molar-refractivity contribution in [3.8, 4) is 0 Å². The lowest BCUT2D eigenvalue weighted by atomic mass is 10.3. The van der Waals surface area contributed by atoms with Crippen molar-refractivity contribution < 1.29 is 14.6 Å². The lowest BCUT2D eigenvalue weighted by molar-refractivity contribution is -0.135. The van der Waals surface area contributed by atoms with Crippen molar-refractivity contribution in [1.82, 2.24) is 0 Å². The highest BCUT2D eigenvalue weighted by Crippen LogP contribution is 2.04. The molecule has 0 atom stereocenters. The highest BCUT2D eigenvalue weighted by Gasteiger charge is 2.10. The van der Waals surface area contributed by atoms with E-state index in [9.17, 15) is 4.79 Å². The molecule has 0 aliphatic carbocycles. The number of methoxy groups -OCH3 is 1. The number of hydrogen-bond acceptors (Lipinski definition) is 4. The SMILES string of the molecule is C=C/C(C(=O)OC)=C(/O)N=C. The summed E-state index contributed by atoms with van der Waals surface area (Å²) in [5.41, 5.74) is -0.0949. The third-order valence-corrected chi connectivity index (χ3v) is 1.00. The third kappa shape index (κ3) is 2.25. The molecule has 0 rings (SSSR count). The van der Waals surface area contributed by atoms with Crippen LogP contribution in [0.4, 0.5) is 0 Å². The molecule has 4 nitrogen and oxygen atoms in total. The first-order valence-corrected chi connectivity index (χ1v) is 2.78. The number of hydrogen-bond donors (Lipinski definition) is 1. The van der Waals surface area contributed by atoms with E-state index in [2.05, 4.69) is 23.0 Å². The normalized spacial score (nSPS) is 11.4. The van der Waals surface area contributed by atoms with E-state index in [1.807, 2.05) is 0 Å². The minimum atomic E-state index is -0.690. The summed E-state index contributed by atoms with van der Waals surface area (Å²) in [6.07, 6.45) is 1.15. The van der Waals surface area contributed by atoms with E-state index in [4.69, 9.17) is 5.11 Å². The van der Waals surface area contributed by atoms with Gasteiger partial charge in [-0.15, -0.1) is 0 Å². The smallest absolute Gasteiger partial charge is 0.343 e. The molecule has 4 heteroatoms. The number of carbonyl (C=O) groups excluding carboxylic acids is 1. The fourth-order valence-electron chi connectivity index (χ4n) is 0.461. The van der Waals surface area contributed by atoms with Gasteiger partial charge in [0.05, 0.1) is 7.11 Å². The van der Waals surface area contributed by atoms with Crippen molar-refractivity contribution >= 4 is 12.7 Å². The van der Waals surface area contributed by atoms with Crippen molar-refractivity contribution in [2.75, 3.05) is 7.11 Å². The summed E-state index contributed by atoms with van der Waals surface area (Å²) in [5, 5.41) is 8.90. The average Bonchev–Trinajstić information content (AvgIpc) is 2.05. The molecule has 0 aromatic rings. The monoisotopic (exact) mass is 155 g/mol. The molecule has 60 valence electrons. The molecule has 0 amide bonds. The van der Waals surface area contributed by atoms with Gasteiger partial charge in [-0.3, -0.25) is 0 Å². The quantitative estimate of drug-likeness (QED) is 0.216. The second kappa shape index (κ2) is 4.27. The Bertz CT molecular complexity index is 218. The van der Waals surface area contributed by atoms with E-state index in [0.29, 0.717) is 0 Å². The summed E-state index contributed by atoms with van der Waals surface area (Å²) in [6.45, 7) is 6.33. The molecule has 0 aliphatic rings. The Hall–Kier alpha value is -1.58. The Kier molecular flexibility index (Phi) is 3.66. The van der Waals surface area contributed by atoms with Gasteiger partial charge in [0.15, 0.2) is 0 Å². The molecule has 0 aromatic heterocycles. The molecule has 0 radical (unpaired) electrons. The molecule has 0 bridgehead atoms. The van der Waals surface area contributed by atoms with Crippen LogP contribution >= 0.6 is 0 Å². The average molecular weight is 155 g/mol. The van der Waals surface area contributed by atoms with Gasteiger partial charge in [-0.05, 0) is 12.8 Å². The molecule has 0 heterocycles. The van der Waals surface area contributed by atoms with Gasteiger partial charge in [-0.25, -0.2) is 9.79 Å². The van der Waals surface area contributed by atoms with Gasteiger partial charge < -0.3 is 9.84 Å². The number of carbonyl (C=O) groups is 1. The second-order valence-corrected chi connectivity index (χ2v) is 1.59. The van der Waals surface area contributed by atoms with E-state index in [0.717, 1.165) is 6.08 Å². The molecule has 0 saturated carbocycles. The van der Waals surface area contributed by atoms with E-state index in [1.165, 1.54) is 7.11 Å². The Morgan fingerprint density at radius 3 is 2.55 bits per heavy atom. The molecule has 0 unspecified atom stereocenters. The van der Waals surface area contributed by atoms with E-state index in [1.54, 1.807) is 0 Å². The van der Waals surface area contributed by atoms with Crippen LogP contribution in [0, 0.1) is 0 Å². The van der Waals surface area contributed by atoms with Crippen LogP contribution in [-0.4, -0.2) is 24.9 Å². The largest absolute Gasteiger partial charge is 0.493 e. The van der Waals surface area contributed by atoms with Crippen molar-refractivity contribution in [3.05, 3.63) is 24.1 Å². The Morgan fingerprint density at radius 1 is 1.73 bits per heavy atom. The molecule has 0 spiro atoms. The fourth-order valence-corrected chi connectivity index (χ4v) is 0.461. The van der Waals surface area contributed by atoms with Gasteiger partial charge in [0.2, 0.25) is 5.88 Å². The van der Waals surface area contributed by atoms with E-state index >= 15 is 0 Å². The number of nitrogens with zero attached hydrogens (tertiary/aromatic N) is 1. The highest BCUT2D eigenvalue weighted by atomic mass is 16.5. The van der Waals surface area contributed by atoms with Crippen LogP contribution in [0.2, 0.25) is 0 Å². The maximum Gasteiger partial charge on any atom is 0.343 e. The molecular weight excluding hydrogens is 146 g/mol. The number of ether oxygens (including phenoxy) is 1. The first kappa shape index (κ1) is 9.42. The number of aliphatic imine (C=N–C) groups is 1. The lowest BCUT2D eigenvalue weighted by Gasteiger charge is -1.98. The molecule has 0 aromatic carbocycles. The topological polar surface area (TPSA) is 58.9 Å². The predicted octanol–water partition coefficient (Wildman–Crippen LogP) is 0.816. The van der Waals surface area contributed by atoms with E-state index < -0.39 is 11.9 Å². The van der Waals surface area contributed by atoms with Gasteiger partial charge in [-0.1, -0.05) is 6.58 Å². The van der Waals surface area contributed by atoms with Crippen LogP contribution in [0.5, 0.6) is 0 Å². The summed E-state index contributed by atoms with van der Waals surface area (Å²) >= 11 is 0. The lowest BCUT2D eigenvalue weighted by Crippen LogP contribution is -2.04. The number of aliphatic hydroxyl groups excluding tert-OH is 1. The minimum Gasteiger partial charge on any atom is -0.493 e. The number of esters is 1. The van der Waals surface area contributed by atoms with Crippen LogP contribution < -0.4 is 0 Å². The van der Waals surface area contributed by atoms with Crippen LogP contribution in [0.1, 0.15) is 0 Å². The van der Waals surface area contributed by atoms with Crippen LogP contribution in [-0.2, 0) is 9.53 Å². The molecule has 1 N–H and O–H groups in total. The van der Waals surface area contributed by atoms with Crippen LogP contribution in [0.15, 0.2) is 29.1 Å². The summed E-state index contributed by atoms with van der Waals surface area (Å²) < 4.78 is 4.31. The predicted molar refractivity (Wildman–Crippen MR) is 41.4 cm³/mol. The summed E-state index contributed by atoms with van der Waals surface area (Å²) in [4.78, 5) is 13.9. The maximum atomic E-state index is 10.7. The fraction of sp³-hybridized carbons (Fsp3) is 0.143. The summed E-state index contributed by atoms with van der Waals surface area (Å²) in [7, 11) is 1.20. The zero-order valence-electron chi connectivity index (χ0n) is 6.20. The van der Waals surface area contributed by atoms with Gasteiger partial charge in [0, 0.05) is 0 Å². The Balaban J connectivity index is 4.78. The van der Waals surface area contributed by atoms with Gasteiger partial charge >= 0.3 is 5.97 Å². The van der Waals surface area contributed by atoms with Crippen molar-refractivity contribution in [2.45, 2.75) is 0 Å². The molecular formula is C7H9NO3. The molecule has 0 aliphatic heterocycles. The molecule has 11 heavy (non-hydrogen) atoms. The zero-order valence-corrected chi connectivity index (χ0v) is 6.20. The second-order valence-electron chi connectivity index (χ2n) is 1.59. The van der Waals surface area contributed by atoms with Gasteiger partial charge in [-0.2, -0.15) is 0 Å². The van der Waals surface area contributed by atoms with Crippen LogP contribution in [0.25, 0.3) is 0 Å². The van der Waals surface area contributed by atoms with Gasteiger partial charge in [0.1, 0.15) is 5.57 Å². The van der Waals surface area contributed by atoms with Crippen molar-refractivity contribution in [2.24, 2.45) is 4.99 Å². The van der Waals surface area contributed by atoms with Crippen LogP contribution in [0.3, 0.4) is 0 Å². The summed E-state index contributed by atoms with van der Waals surface area (Å²) in [6, 6.07) is 0. The summed E-state index contributed by atoms with van der Waals surface area (Å²) in [5.74, 6) is -1.17. The maximum absolute atomic E-state index is 10.7. The van der Waals surface area contributed by atoms with E-state index in [-0.39, 0.29) is 5.57 Å². The highest BCUT2D eigenvalue weighted by molar-refractivity contribution is 5.91. The number of rotatable bonds is 3. The first-order valence-electron chi connectivity index (χ1n) is 2.78. The minimum absolute atomic E-state index is 0.0949. The number of aliphatic hydroxyl groups is 1. The van der Waals surface area contributed by atoms with Crippen molar-refractivity contribution in [3.63, 3.8) is 0 Å². The van der Waals surface area contributed by atoms with Gasteiger partial charge in [0.25, 0.3) is 0 Å².